The van der Waals surface area contributed by atoms with Crippen molar-refractivity contribution in [2.75, 3.05) is 0 Å². The third-order valence-electron chi connectivity index (χ3n) is 2.42. The summed E-state index contributed by atoms with van der Waals surface area (Å²) in [6, 6.07) is 6.45. The molecule has 0 fully saturated rings. The number of aromatic nitrogens is 1. The molecule has 110 valence electrons. The number of phenolic OH excluding ortho intramolecular Hbond substituents is 1. The topological polar surface area (TPSA) is 76.3 Å². The standard InChI is InChI=1S/C12H7F3N2O3S/c13-12(14,15)11-5-10(7(6-16-11)17(19)20)21-9-4-2-1-3-8(9)18/h1-6,18H. The summed E-state index contributed by atoms with van der Waals surface area (Å²) in [6.45, 7) is 0. The lowest BCUT2D eigenvalue weighted by Crippen LogP contribution is -2.08. The molecule has 0 atom stereocenters. The molecule has 2 rings (SSSR count). The van der Waals surface area contributed by atoms with E-state index in [1.807, 2.05) is 0 Å². The second-order valence-electron chi connectivity index (χ2n) is 3.86. The van der Waals surface area contributed by atoms with E-state index in [9.17, 15) is 28.4 Å². The second-order valence-corrected chi connectivity index (χ2v) is 4.95. The van der Waals surface area contributed by atoms with Crippen LogP contribution in [0, 0.1) is 10.1 Å². The summed E-state index contributed by atoms with van der Waals surface area (Å²) in [4.78, 5) is 13.1. The van der Waals surface area contributed by atoms with E-state index >= 15 is 0 Å². The van der Waals surface area contributed by atoms with Crippen LogP contribution in [0.1, 0.15) is 5.69 Å². The van der Waals surface area contributed by atoms with E-state index in [0.29, 0.717) is 24.0 Å². The van der Waals surface area contributed by atoms with E-state index in [2.05, 4.69) is 4.98 Å². The van der Waals surface area contributed by atoms with Crippen LogP contribution in [-0.2, 0) is 6.18 Å². The van der Waals surface area contributed by atoms with E-state index in [1.165, 1.54) is 18.2 Å². The number of aromatic hydroxyl groups is 1. The number of pyridine rings is 1. The van der Waals surface area contributed by atoms with Crippen LogP contribution in [0.15, 0.2) is 46.3 Å². The Labute approximate surface area is 120 Å². The minimum absolute atomic E-state index is 0.179. The molecule has 1 aromatic heterocycles. The van der Waals surface area contributed by atoms with Crippen LogP contribution in [0.2, 0.25) is 0 Å². The smallest absolute Gasteiger partial charge is 0.433 e. The van der Waals surface area contributed by atoms with E-state index in [-0.39, 0.29) is 15.5 Å². The zero-order valence-electron chi connectivity index (χ0n) is 10.2. The molecular weight excluding hydrogens is 309 g/mol. The molecule has 0 spiro atoms. The number of alkyl halides is 3. The van der Waals surface area contributed by atoms with Gasteiger partial charge in [-0.2, -0.15) is 13.2 Å². The molecular formula is C12H7F3N2O3S. The Morgan fingerprint density at radius 2 is 1.90 bits per heavy atom. The van der Waals surface area contributed by atoms with Gasteiger partial charge in [-0.1, -0.05) is 23.9 Å². The molecule has 1 heterocycles. The predicted octanol–water partition coefficient (Wildman–Crippen LogP) is 3.87. The first-order chi connectivity index (χ1) is 9.79. The first kappa shape index (κ1) is 15.1. The molecule has 1 aromatic carbocycles. The van der Waals surface area contributed by atoms with E-state index in [1.54, 1.807) is 6.07 Å². The van der Waals surface area contributed by atoms with Gasteiger partial charge in [0.05, 0.1) is 14.7 Å². The molecule has 1 N–H and O–H groups in total. The van der Waals surface area contributed by atoms with Gasteiger partial charge >= 0.3 is 11.9 Å². The highest BCUT2D eigenvalue weighted by Gasteiger charge is 2.34. The Hall–Kier alpha value is -2.29. The number of nitrogens with zero attached hydrogens (tertiary/aromatic N) is 2. The third kappa shape index (κ3) is 3.43. The molecule has 0 bridgehead atoms. The van der Waals surface area contributed by atoms with Crippen molar-refractivity contribution < 1.29 is 23.2 Å². The SMILES string of the molecule is O=[N+]([O-])c1cnc(C(F)(F)F)cc1Sc1ccccc1O. The summed E-state index contributed by atoms with van der Waals surface area (Å²) in [5.74, 6) is -0.179. The lowest BCUT2D eigenvalue weighted by atomic mass is 10.3. The van der Waals surface area contributed by atoms with E-state index < -0.39 is 22.5 Å². The normalized spacial score (nSPS) is 11.4. The van der Waals surface area contributed by atoms with Crippen molar-refractivity contribution >= 4 is 17.4 Å². The summed E-state index contributed by atoms with van der Waals surface area (Å²) >= 11 is 0.668. The van der Waals surface area contributed by atoms with Gasteiger partial charge in [0.15, 0.2) is 0 Å². The number of hydrogen-bond donors (Lipinski definition) is 1. The molecule has 0 saturated carbocycles. The first-order valence-corrected chi connectivity index (χ1v) is 6.28. The zero-order chi connectivity index (χ0) is 15.6. The highest BCUT2D eigenvalue weighted by atomic mass is 32.2. The molecule has 0 saturated heterocycles. The molecule has 0 amide bonds. The quantitative estimate of drug-likeness (QED) is 0.687. The fraction of sp³-hybridized carbons (Fsp3) is 0.0833. The number of benzene rings is 1. The van der Waals surface area contributed by atoms with Crippen LogP contribution in [-0.4, -0.2) is 15.0 Å². The van der Waals surface area contributed by atoms with Gasteiger partial charge < -0.3 is 5.11 Å². The molecule has 0 unspecified atom stereocenters. The van der Waals surface area contributed by atoms with Crippen molar-refractivity contribution in [1.29, 1.82) is 0 Å². The first-order valence-electron chi connectivity index (χ1n) is 5.46. The Bertz CT molecular complexity index is 692. The van der Waals surface area contributed by atoms with Crippen LogP contribution in [0.4, 0.5) is 18.9 Å². The largest absolute Gasteiger partial charge is 0.507 e. The summed E-state index contributed by atoms with van der Waals surface area (Å²) < 4.78 is 37.9. The van der Waals surface area contributed by atoms with Gasteiger partial charge in [-0.25, -0.2) is 4.98 Å². The molecule has 9 heteroatoms. The van der Waals surface area contributed by atoms with Crippen molar-refractivity contribution in [1.82, 2.24) is 4.98 Å². The molecule has 0 aliphatic rings. The summed E-state index contributed by atoms with van der Waals surface area (Å²) in [5, 5.41) is 20.5. The van der Waals surface area contributed by atoms with Gasteiger partial charge in [0.25, 0.3) is 0 Å². The van der Waals surface area contributed by atoms with Gasteiger partial charge in [-0.3, -0.25) is 10.1 Å². The van der Waals surface area contributed by atoms with Crippen molar-refractivity contribution in [3.63, 3.8) is 0 Å². The summed E-state index contributed by atoms with van der Waals surface area (Å²) in [6.07, 6.45) is -4.14. The maximum Gasteiger partial charge on any atom is 0.433 e. The van der Waals surface area contributed by atoms with Crippen molar-refractivity contribution in [2.24, 2.45) is 0 Å². The van der Waals surface area contributed by atoms with E-state index in [4.69, 9.17) is 0 Å². The number of nitro groups is 1. The Morgan fingerprint density at radius 3 is 2.48 bits per heavy atom. The highest BCUT2D eigenvalue weighted by Crippen LogP contribution is 2.40. The Balaban J connectivity index is 2.49. The van der Waals surface area contributed by atoms with Gasteiger partial charge in [0.1, 0.15) is 17.6 Å². The molecule has 0 radical (unpaired) electrons. The fourth-order valence-electron chi connectivity index (χ4n) is 1.47. The van der Waals surface area contributed by atoms with Crippen molar-refractivity contribution in [3.8, 4) is 5.75 Å². The predicted molar refractivity (Wildman–Crippen MR) is 68.1 cm³/mol. The summed E-state index contributed by atoms with van der Waals surface area (Å²) in [7, 11) is 0. The third-order valence-corrected chi connectivity index (χ3v) is 3.53. The maximum atomic E-state index is 12.6. The number of phenols is 1. The van der Waals surface area contributed by atoms with E-state index in [0.717, 1.165) is 0 Å². The summed E-state index contributed by atoms with van der Waals surface area (Å²) in [5.41, 5.74) is -1.79. The maximum absolute atomic E-state index is 12.6. The molecule has 0 aliphatic carbocycles. The Kier molecular flexibility index (Phi) is 4.03. The van der Waals surface area contributed by atoms with Crippen molar-refractivity contribution in [2.45, 2.75) is 16.0 Å². The average Bonchev–Trinajstić information content (AvgIpc) is 2.40. The molecule has 2 aromatic rings. The number of hydrogen-bond acceptors (Lipinski definition) is 5. The minimum atomic E-state index is -4.71. The Morgan fingerprint density at radius 1 is 1.24 bits per heavy atom. The van der Waals surface area contributed by atoms with Gasteiger partial charge in [0, 0.05) is 0 Å². The second kappa shape index (κ2) is 5.60. The van der Waals surface area contributed by atoms with Crippen LogP contribution < -0.4 is 0 Å². The number of rotatable bonds is 3. The lowest BCUT2D eigenvalue weighted by Gasteiger charge is -2.09. The highest BCUT2D eigenvalue weighted by molar-refractivity contribution is 7.99. The van der Waals surface area contributed by atoms with Gasteiger partial charge in [-0.15, -0.1) is 0 Å². The molecule has 21 heavy (non-hydrogen) atoms. The fourth-order valence-corrected chi connectivity index (χ4v) is 2.42. The average molecular weight is 316 g/mol. The van der Waals surface area contributed by atoms with Crippen LogP contribution in [0.5, 0.6) is 5.75 Å². The van der Waals surface area contributed by atoms with Crippen LogP contribution in [0.25, 0.3) is 0 Å². The van der Waals surface area contributed by atoms with Crippen LogP contribution in [0.3, 0.4) is 0 Å². The molecule has 0 aliphatic heterocycles. The molecule has 5 nitrogen and oxygen atoms in total. The van der Waals surface area contributed by atoms with Crippen molar-refractivity contribution in [3.05, 3.63) is 52.3 Å². The number of para-hydroxylation sites is 1. The van der Waals surface area contributed by atoms with Gasteiger partial charge in [-0.05, 0) is 18.2 Å². The monoisotopic (exact) mass is 316 g/mol. The number of halogens is 3. The van der Waals surface area contributed by atoms with Gasteiger partial charge in [0.2, 0.25) is 0 Å². The minimum Gasteiger partial charge on any atom is -0.507 e. The lowest BCUT2D eigenvalue weighted by molar-refractivity contribution is -0.388. The zero-order valence-corrected chi connectivity index (χ0v) is 11.0. The van der Waals surface area contributed by atoms with Crippen LogP contribution >= 0.6 is 11.8 Å².